The summed E-state index contributed by atoms with van der Waals surface area (Å²) in [5.41, 5.74) is 0.521. The van der Waals surface area contributed by atoms with Crippen LogP contribution in [0.15, 0.2) is 54.6 Å². The maximum atomic E-state index is 15.1. The summed E-state index contributed by atoms with van der Waals surface area (Å²) in [6, 6.07) is 8.33. The third-order valence-electron chi connectivity index (χ3n) is 7.37. The van der Waals surface area contributed by atoms with Gasteiger partial charge in [-0.3, -0.25) is 0 Å². The van der Waals surface area contributed by atoms with Gasteiger partial charge in [0, 0.05) is 22.3 Å². The van der Waals surface area contributed by atoms with E-state index in [0.717, 1.165) is 0 Å². The molecule has 0 spiro atoms. The van der Waals surface area contributed by atoms with Gasteiger partial charge < -0.3 is 4.74 Å². The molecule has 3 aromatic carbocycles. The Bertz CT molecular complexity index is 1440. The van der Waals surface area contributed by atoms with E-state index in [1.807, 2.05) is 19.1 Å². The molecule has 1 nitrogen and oxygen atoms in total. The fourth-order valence-electron chi connectivity index (χ4n) is 5.13. The maximum absolute atomic E-state index is 15.1. The number of allylic oxidation sites excluding steroid dienone is 4. The molecule has 38 heavy (non-hydrogen) atoms. The Kier molecular flexibility index (Phi) is 7.48. The lowest BCUT2D eigenvalue weighted by molar-refractivity contribution is 0.401. The van der Waals surface area contributed by atoms with Crippen molar-refractivity contribution in [3.63, 3.8) is 0 Å². The van der Waals surface area contributed by atoms with Crippen molar-refractivity contribution in [3.8, 4) is 11.1 Å². The van der Waals surface area contributed by atoms with Crippen LogP contribution in [0.1, 0.15) is 66.9 Å². The summed E-state index contributed by atoms with van der Waals surface area (Å²) >= 11 is 0. The largest absolute Gasteiger partial charge is 0.368 e. The molecule has 2 atom stereocenters. The molecule has 0 radical (unpaired) electrons. The molecule has 2 unspecified atom stereocenters. The number of benzene rings is 3. The highest BCUT2D eigenvalue weighted by molar-refractivity contribution is 5.69. The van der Waals surface area contributed by atoms with Crippen LogP contribution < -0.4 is 0 Å². The number of aryl methyl sites for hydroxylation is 1. The van der Waals surface area contributed by atoms with Crippen molar-refractivity contribution in [2.24, 2.45) is 0 Å². The zero-order valence-electron chi connectivity index (χ0n) is 20.8. The third kappa shape index (κ3) is 4.92. The van der Waals surface area contributed by atoms with Crippen molar-refractivity contribution in [3.05, 3.63) is 112 Å². The van der Waals surface area contributed by atoms with Crippen LogP contribution in [0, 0.1) is 34.9 Å². The molecular formula is C31H26F6O. The maximum Gasteiger partial charge on any atom is 0.167 e. The Morgan fingerprint density at radius 1 is 0.763 bits per heavy atom. The fourth-order valence-corrected chi connectivity index (χ4v) is 5.13. The van der Waals surface area contributed by atoms with E-state index in [1.165, 1.54) is 24.3 Å². The second kappa shape index (κ2) is 10.8. The second-order valence-electron chi connectivity index (χ2n) is 9.69. The van der Waals surface area contributed by atoms with Crippen LogP contribution >= 0.6 is 0 Å². The zero-order chi connectivity index (χ0) is 27.0. The van der Waals surface area contributed by atoms with E-state index in [-0.39, 0.29) is 34.4 Å². The third-order valence-corrected chi connectivity index (χ3v) is 7.37. The summed E-state index contributed by atoms with van der Waals surface area (Å²) in [7, 11) is 0. The number of halogens is 6. The highest BCUT2D eigenvalue weighted by atomic mass is 19.2. The van der Waals surface area contributed by atoms with Crippen LogP contribution in [0.4, 0.5) is 26.3 Å². The van der Waals surface area contributed by atoms with Gasteiger partial charge in [-0.2, -0.15) is 0 Å². The molecule has 0 aromatic heterocycles. The van der Waals surface area contributed by atoms with Gasteiger partial charge in [-0.25, -0.2) is 26.3 Å². The quantitative estimate of drug-likeness (QED) is 0.169. The molecule has 1 heterocycles. The van der Waals surface area contributed by atoms with Crippen molar-refractivity contribution in [2.45, 2.75) is 51.0 Å². The summed E-state index contributed by atoms with van der Waals surface area (Å²) in [5, 5.41) is 0. The first-order chi connectivity index (χ1) is 18.3. The van der Waals surface area contributed by atoms with Crippen LogP contribution in [-0.2, 0) is 11.2 Å². The molecule has 0 saturated carbocycles. The van der Waals surface area contributed by atoms with E-state index < -0.39 is 46.9 Å². The van der Waals surface area contributed by atoms with Gasteiger partial charge in [0.15, 0.2) is 34.9 Å². The molecular weight excluding hydrogens is 502 g/mol. The highest BCUT2D eigenvalue weighted by Gasteiger charge is 2.31. The van der Waals surface area contributed by atoms with E-state index in [0.29, 0.717) is 43.2 Å². The summed E-state index contributed by atoms with van der Waals surface area (Å²) in [6.45, 7) is 2.15. The Balaban J connectivity index is 1.36. The molecule has 0 bridgehead atoms. The van der Waals surface area contributed by atoms with Gasteiger partial charge in [0.25, 0.3) is 0 Å². The van der Waals surface area contributed by atoms with Gasteiger partial charge in [0.2, 0.25) is 0 Å². The van der Waals surface area contributed by atoms with E-state index in [2.05, 4.69) is 0 Å². The lowest BCUT2D eigenvalue weighted by Gasteiger charge is -2.24. The predicted molar refractivity (Wildman–Crippen MR) is 134 cm³/mol. The van der Waals surface area contributed by atoms with E-state index >= 15 is 8.78 Å². The first-order valence-electron chi connectivity index (χ1n) is 12.7. The van der Waals surface area contributed by atoms with Gasteiger partial charge in [0.05, 0.1) is 6.61 Å². The molecule has 198 valence electrons. The highest BCUT2D eigenvalue weighted by Crippen LogP contribution is 2.41. The van der Waals surface area contributed by atoms with Crippen molar-refractivity contribution < 1.29 is 31.1 Å². The first kappa shape index (κ1) is 26.3. The lowest BCUT2D eigenvalue weighted by atomic mass is 9.81. The molecule has 7 heteroatoms. The first-order valence-corrected chi connectivity index (χ1v) is 12.7. The fraction of sp³-hybridized carbons (Fsp3) is 0.290. The van der Waals surface area contributed by atoms with Gasteiger partial charge in [0.1, 0.15) is 6.10 Å². The van der Waals surface area contributed by atoms with Gasteiger partial charge in [-0.1, -0.05) is 54.6 Å². The number of hydrogen-bond acceptors (Lipinski definition) is 1. The summed E-state index contributed by atoms with van der Waals surface area (Å²) in [5.74, 6) is -6.92. The number of hydrogen-bond donors (Lipinski definition) is 0. The molecule has 0 amide bonds. The average Bonchev–Trinajstić information content (AvgIpc) is 3.76. The average molecular weight is 529 g/mol. The minimum atomic E-state index is -1.26. The molecule has 1 fully saturated rings. The normalized spacial score (nSPS) is 19.2. The molecule has 3 aromatic rings. The van der Waals surface area contributed by atoms with Crippen LogP contribution in [-0.4, -0.2) is 6.61 Å². The molecule has 1 aliphatic carbocycles. The van der Waals surface area contributed by atoms with E-state index in [4.69, 9.17) is 4.74 Å². The molecule has 0 N–H and O–H groups in total. The zero-order valence-corrected chi connectivity index (χ0v) is 20.8. The predicted octanol–water partition coefficient (Wildman–Crippen LogP) is 9.12. The molecule has 5 rings (SSSR count). The Morgan fingerprint density at radius 3 is 1.97 bits per heavy atom. The van der Waals surface area contributed by atoms with Crippen molar-refractivity contribution in [2.75, 3.05) is 6.61 Å². The Hall–Kier alpha value is -3.32. The minimum Gasteiger partial charge on any atom is -0.368 e. The smallest absolute Gasteiger partial charge is 0.167 e. The van der Waals surface area contributed by atoms with Crippen molar-refractivity contribution >= 4 is 5.57 Å². The standard InChI is InChI=1S/C31H26F6O/c1-2-3-4-5-19-10-11-20(27(33)26(19)32)17-6-8-18(9-7-17)21-12-13-22(29(35)28(21)34)23-14-15-24(25-16-38-25)31(37)30(23)36/h2-3,6,10-15,18,25H,4-5,7-9,16H2,1H3/b3-2+. The van der Waals surface area contributed by atoms with Gasteiger partial charge in [-0.05, 0) is 61.6 Å². The summed E-state index contributed by atoms with van der Waals surface area (Å²) < 4.78 is 93.7. The lowest BCUT2D eigenvalue weighted by Crippen LogP contribution is -2.09. The van der Waals surface area contributed by atoms with Crippen molar-refractivity contribution in [1.82, 2.24) is 0 Å². The van der Waals surface area contributed by atoms with Gasteiger partial charge >= 0.3 is 0 Å². The van der Waals surface area contributed by atoms with Gasteiger partial charge in [-0.15, -0.1) is 0 Å². The SMILES string of the molecule is C/C=C/CCc1ccc(C2=CCC(c3ccc(-c4ccc(C5CO5)c(F)c4F)c(F)c3F)CC2)c(F)c1F. The topological polar surface area (TPSA) is 12.5 Å². The van der Waals surface area contributed by atoms with Crippen LogP contribution in [0.5, 0.6) is 0 Å². The molecule has 1 saturated heterocycles. The van der Waals surface area contributed by atoms with Crippen LogP contribution in [0.3, 0.4) is 0 Å². The van der Waals surface area contributed by atoms with E-state index in [9.17, 15) is 17.6 Å². The monoisotopic (exact) mass is 528 g/mol. The van der Waals surface area contributed by atoms with E-state index in [1.54, 1.807) is 18.2 Å². The number of epoxide rings is 1. The van der Waals surface area contributed by atoms with Crippen LogP contribution in [0.25, 0.3) is 16.7 Å². The Morgan fingerprint density at radius 2 is 1.37 bits per heavy atom. The summed E-state index contributed by atoms with van der Waals surface area (Å²) in [6.07, 6.45) is 7.01. The second-order valence-corrected chi connectivity index (χ2v) is 9.69. The van der Waals surface area contributed by atoms with Crippen molar-refractivity contribution in [1.29, 1.82) is 0 Å². The number of rotatable bonds is 7. The molecule has 2 aliphatic rings. The minimum absolute atomic E-state index is 0.0492. The van der Waals surface area contributed by atoms with Crippen LogP contribution in [0.2, 0.25) is 0 Å². The molecule has 1 aliphatic heterocycles. The summed E-state index contributed by atoms with van der Waals surface area (Å²) in [4.78, 5) is 0. The Labute approximate surface area is 217 Å². The number of ether oxygens (including phenoxy) is 1.